The molecule has 1 aromatic carbocycles. The van der Waals surface area contributed by atoms with Gasteiger partial charge in [0.2, 0.25) is 0 Å². The van der Waals surface area contributed by atoms with Crippen molar-refractivity contribution in [1.82, 2.24) is 10.6 Å². The van der Waals surface area contributed by atoms with E-state index in [0.29, 0.717) is 19.6 Å². The number of hydrogen-bond donors (Lipinski definition) is 2. The van der Waals surface area contributed by atoms with Crippen LogP contribution < -0.4 is 15.4 Å². The second-order valence-corrected chi connectivity index (χ2v) is 5.39. The molecule has 0 saturated heterocycles. The Kier molecular flexibility index (Phi) is 7.65. The summed E-state index contributed by atoms with van der Waals surface area (Å²) in [5, 5.41) is 6.08. The predicted octanol–water partition coefficient (Wildman–Crippen LogP) is 1.38. The molecule has 1 aliphatic heterocycles. The van der Waals surface area contributed by atoms with Crippen molar-refractivity contribution in [2.24, 2.45) is 0 Å². The van der Waals surface area contributed by atoms with Crippen LogP contribution in [0.3, 0.4) is 0 Å². The van der Waals surface area contributed by atoms with Crippen LogP contribution in [-0.4, -0.2) is 45.4 Å². The van der Waals surface area contributed by atoms with Crippen LogP contribution in [0.5, 0.6) is 5.75 Å². The number of aryl methyl sites for hydroxylation is 2. The summed E-state index contributed by atoms with van der Waals surface area (Å²) < 4.78 is 10.7. The summed E-state index contributed by atoms with van der Waals surface area (Å²) in [6.07, 6.45) is 0.250. The number of methoxy groups -OCH3 is 1. The highest BCUT2D eigenvalue weighted by Gasteiger charge is 2.29. The van der Waals surface area contributed by atoms with E-state index in [1.54, 1.807) is 7.11 Å². The lowest BCUT2D eigenvalue weighted by molar-refractivity contribution is -0.127. The Bertz CT molecular complexity index is 477. The van der Waals surface area contributed by atoms with Crippen molar-refractivity contribution in [2.75, 3.05) is 33.4 Å². The lowest BCUT2D eigenvalue weighted by Crippen LogP contribution is -2.40. The fourth-order valence-electron chi connectivity index (χ4n) is 2.35. The van der Waals surface area contributed by atoms with Gasteiger partial charge in [0.15, 0.2) is 6.10 Å². The number of hydrogen-bond acceptors (Lipinski definition) is 4. The molecule has 0 spiro atoms. The summed E-state index contributed by atoms with van der Waals surface area (Å²) in [5.74, 6) is 0.798. The lowest BCUT2D eigenvalue weighted by atomic mass is 10.0. The Morgan fingerprint density at radius 2 is 2.00 bits per heavy atom. The van der Waals surface area contributed by atoms with Crippen molar-refractivity contribution in [3.05, 3.63) is 28.8 Å². The fraction of sp³-hybridized carbons (Fsp3) is 0.562. The van der Waals surface area contributed by atoms with Gasteiger partial charge in [-0.3, -0.25) is 4.79 Å². The van der Waals surface area contributed by atoms with Gasteiger partial charge in [-0.25, -0.2) is 0 Å². The van der Waals surface area contributed by atoms with Crippen molar-refractivity contribution in [2.45, 2.75) is 26.4 Å². The van der Waals surface area contributed by atoms with Crippen LogP contribution in [-0.2, 0) is 16.0 Å². The Morgan fingerprint density at radius 3 is 2.73 bits per heavy atom. The quantitative estimate of drug-likeness (QED) is 0.742. The molecule has 6 heteroatoms. The van der Waals surface area contributed by atoms with Crippen LogP contribution >= 0.6 is 12.4 Å². The van der Waals surface area contributed by atoms with Crippen molar-refractivity contribution in [1.29, 1.82) is 0 Å². The SMILES string of the molecule is COCCNCCNC(=O)C1Cc2cc(C)c(C)cc2O1.Cl. The smallest absolute Gasteiger partial charge is 0.261 e. The molecule has 22 heavy (non-hydrogen) atoms. The molecule has 1 unspecified atom stereocenters. The zero-order valence-electron chi connectivity index (χ0n) is 13.4. The first kappa shape index (κ1) is 18.7. The maximum atomic E-state index is 12.1. The van der Waals surface area contributed by atoms with Crippen molar-refractivity contribution in [3.63, 3.8) is 0 Å². The third-order valence-electron chi connectivity index (χ3n) is 3.73. The summed E-state index contributed by atoms with van der Waals surface area (Å²) >= 11 is 0. The molecule has 1 aliphatic rings. The third kappa shape index (κ3) is 4.87. The van der Waals surface area contributed by atoms with Gasteiger partial charge in [-0.2, -0.15) is 0 Å². The largest absolute Gasteiger partial charge is 0.480 e. The minimum atomic E-state index is -0.403. The highest BCUT2D eigenvalue weighted by molar-refractivity contribution is 5.85. The van der Waals surface area contributed by atoms with E-state index in [9.17, 15) is 4.79 Å². The molecule has 1 aromatic rings. The average molecular weight is 329 g/mol. The van der Waals surface area contributed by atoms with Crippen LogP contribution in [0.15, 0.2) is 12.1 Å². The third-order valence-corrected chi connectivity index (χ3v) is 3.73. The first-order valence-corrected chi connectivity index (χ1v) is 7.36. The van der Waals surface area contributed by atoms with E-state index in [1.165, 1.54) is 11.1 Å². The Labute approximate surface area is 138 Å². The average Bonchev–Trinajstić information content (AvgIpc) is 2.86. The van der Waals surface area contributed by atoms with Gasteiger partial charge in [-0.1, -0.05) is 6.07 Å². The van der Waals surface area contributed by atoms with Gasteiger partial charge >= 0.3 is 0 Å². The first-order chi connectivity index (χ1) is 10.1. The van der Waals surface area contributed by atoms with E-state index in [0.717, 1.165) is 24.4 Å². The number of benzene rings is 1. The number of fused-ring (bicyclic) bond motifs is 1. The summed E-state index contributed by atoms with van der Waals surface area (Å²) in [7, 11) is 1.67. The van der Waals surface area contributed by atoms with Crippen molar-refractivity contribution < 1.29 is 14.3 Å². The van der Waals surface area contributed by atoms with E-state index in [4.69, 9.17) is 9.47 Å². The molecule has 0 bridgehead atoms. The molecule has 5 nitrogen and oxygen atoms in total. The molecule has 0 radical (unpaired) electrons. The minimum Gasteiger partial charge on any atom is -0.480 e. The number of halogens is 1. The van der Waals surface area contributed by atoms with E-state index in [-0.39, 0.29) is 18.3 Å². The molecule has 0 aromatic heterocycles. The molecule has 1 amide bonds. The number of rotatable bonds is 7. The van der Waals surface area contributed by atoms with Gasteiger partial charge in [0.05, 0.1) is 6.61 Å². The number of amides is 1. The molecule has 124 valence electrons. The first-order valence-electron chi connectivity index (χ1n) is 7.36. The van der Waals surface area contributed by atoms with Gasteiger partial charge in [0.25, 0.3) is 5.91 Å². The van der Waals surface area contributed by atoms with E-state index >= 15 is 0 Å². The van der Waals surface area contributed by atoms with Crippen LogP contribution in [0.2, 0.25) is 0 Å². The van der Waals surface area contributed by atoms with Gasteiger partial charge in [-0.05, 0) is 36.6 Å². The van der Waals surface area contributed by atoms with E-state index < -0.39 is 6.10 Å². The normalized spacial score (nSPS) is 15.7. The van der Waals surface area contributed by atoms with Gasteiger partial charge < -0.3 is 20.1 Å². The zero-order valence-corrected chi connectivity index (χ0v) is 14.2. The van der Waals surface area contributed by atoms with Gasteiger partial charge in [0.1, 0.15) is 5.75 Å². The van der Waals surface area contributed by atoms with Crippen molar-refractivity contribution in [3.8, 4) is 5.75 Å². The van der Waals surface area contributed by atoms with E-state index in [1.807, 2.05) is 6.07 Å². The highest BCUT2D eigenvalue weighted by Crippen LogP contribution is 2.31. The molecule has 0 aliphatic carbocycles. The summed E-state index contributed by atoms with van der Waals surface area (Å²) in [5.41, 5.74) is 3.55. The lowest BCUT2D eigenvalue weighted by Gasteiger charge is -2.11. The van der Waals surface area contributed by atoms with Crippen molar-refractivity contribution >= 4 is 18.3 Å². The minimum absolute atomic E-state index is 0. The fourth-order valence-corrected chi connectivity index (χ4v) is 2.35. The topological polar surface area (TPSA) is 59.6 Å². The molecule has 1 heterocycles. The number of carbonyl (C=O) groups is 1. The Balaban J connectivity index is 0.00000242. The Morgan fingerprint density at radius 1 is 1.27 bits per heavy atom. The maximum Gasteiger partial charge on any atom is 0.261 e. The number of carbonyl (C=O) groups excluding carboxylic acids is 1. The van der Waals surface area contributed by atoms with Crippen LogP contribution in [0.4, 0.5) is 0 Å². The van der Waals surface area contributed by atoms with Gasteiger partial charge in [0, 0.05) is 33.2 Å². The molecule has 1 atom stereocenters. The molecular weight excluding hydrogens is 304 g/mol. The molecule has 0 saturated carbocycles. The zero-order chi connectivity index (χ0) is 15.2. The standard InChI is InChI=1S/C16H24N2O3.ClH/c1-11-8-13-10-15(21-14(13)9-12(11)2)16(19)18-5-4-17-6-7-20-3;/h8-9,15,17H,4-7,10H2,1-3H3,(H,18,19);1H. The van der Waals surface area contributed by atoms with Crippen LogP contribution in [0.25, 0.3) is 0 Å². The van der Waals surface area contributed by atoms with Crippen LogP contribution in [0.1, 0.15) is 16.7 Å². The second-order valence-electron chi connectivity index (χ2n) is 5.39. The maximum absolute atomic E-state index is 12.1. The monoisotopic (exact) mass is 328 g/mol. The summed E-state index contributed by atoms with van der Waals surface area (Å²) in [6, 6.07) is 4.13. The number of nitrogens with one attached hydrogen (secondary N) is 2. The summed E-state index contributed by atoms with van der Waals surface area (Å²) in [6.45, 7) is 6.92. The van der Waals surface area contributed by atoms with E-state index in [2.05, 4.69) is 30.5 Å². The van der Waals surface area contributed by atoms with Gasteiger partial charge in [-0.15, -0.1) is 12.4 Å². The second kappa shape index (κ2) is 8.98. The molecule has 2 rings (SSSR count). The predicted molar refractivity (Wildman–Crippen MR) is 89.0 cm³/mol. The molecule has 0 fully saturated rings. The molecular formula is C16H25ClN2O3. The van der Waals surface area contributed by atoms with Crippen LogP contribution in [0, 0.1) is 13.8 Å². The number of ether oxygens (including phenoxy) is 2. The Hall–Kier alpha value is -1.30. The highest BCUT2D eigenvalue weighted by atomic mass is 35.5. The summed E-state index contributed by atoms with van der Waals surface area (Å²) in [4.78, 5) is 12.1. The molecule has 2 N–H and O–H groups in total.